The summed E-state index contributed by atoms with van der Waals surface area (Å²) in [5.41, 5.74) is 14.0. The van der Waals surface area contributed by atoms with E-state index >= 15 is 0 Å². The van der Waals surface area contributed by atoms with Crippen molar-refractivity contribution >= 4 is 22.7 Å². The average Bonchev–Trinajstić information content (AvgIpc) is 2.70. The van der Waals surface area contributed by atoms with E-state index in [2.05, 4.69) is 25.0 Å². The molecule has 158 valence electrons. The maximum absolute atomic E-state index is 12.4. The topological polar surface area (TPSA) is 112 Å². The first-order valence-electron chi connectivity index (χ1n) is 9.60. The first kappa shape index (κ1) is 20.1. The molecule has 3 aromatic rings. The van der Waals surface area contributed by atoms with Gasteiger partial charge in [-0.3, -0.25) is 0 Å². The molecular weight excluding hydrogens is 397 g/mol. The molecule has 7 nitrogen and oxygen atoms in total. The molecule has 30 heavy (non-hydrogen) atoms. The number of nitrogen functional groups attached to an aromatic ring is 1. The zero-order valence-corrected chi connectivity index (χ0v) is 16.0. The minimum absolute atomic E-state index is 0.0289. The van der Waals surface area contributed by atoms with Crippen molar-refractivity contribution < 1.29 is 17.9 Å². The summed E-state index contributed by atoms with van der Waals surface area (Å²) in [6.45, 7) is 0. The Kier molecular flexibility index (Phi) is 5.33. The number of nitrogens with two attached hydrogens (primary N) is 2. The van der Waals surface area contributed by atoms with Crippen LogP contribution in [-0.4, -0.2) is 33.4 Å². The highest BCUT2D eigenvalue weighted by molar-refractivity contribution is 5.98. The summed E-state index contributed by atoms with van der Waals surface area (Å²) in [7, 11) is 0. The molecule has 10 heteroatoms. The van der Waals surface area contributed by atoms with Crippen molar-refractivity contribution in [1.82, 2.24) is 15.0 Å². The Morgan fingerprint density at radius 3 is 2.47 bits per heavy atom. The van der Waals surface area contributed by atoms with Crippen LogP contribution in [0.25, 0.3) is 22.0 Å². The lowest BCUT2D eigenvalue weighted by molar-refractivity contribution is -0.274. The summed E-state index contributed by atoms with van der Waals surface area (Å²) >= 11 is 0. The van der Waals surface area contributed by atoms with Crippen LogP contribution in [0.5, 0.6) is 5.75 Å². The predicted molar refractivity (Wildman–Crippen MR) is 108 cm³/mol. The summed E-state index contributed by atoms with van der Waals surface area (Å²) in [5.74, 6) is 0.391. The first-order chi connectivity index (χ1) is 14.3. The zero-order valence-electron chi connectivity index (χ0n) is 16.0. The molecule has 1 aliphatic carbocycles. The maximum Gasteiger partial charge on any atom is 0.573 e. The molecule has 0 radical (unpaired) electrons. The Labute approximate surface area is 170 Å². The van der Waals surface area contributed by atoms with Gasteiger partial charge in [0.05, 0.1) is 10.9 Å². The lowest BCUT2D eigenvalue weighted by Gasteiger charge is -2.29. The number of benzene rings is 1. The fraction of sp³-hybridized carbons (Fsp3) is 0.350. The molecule has 1 aromatic carbocycles. The lowest BCUT2D eigenvalue weighted by atomic mass is 9.91. The van der Waals surface area contributed by atoms with Crippen molar-refractivity contribution in [2.24, 2.45) is 5.73 Å². The average molecular weight is 418 g/mol. The van der Waals surface area contributed by atoms with Crippen LogP contribution in [0.2, 0.25) is 0 Å². The monoisotopic (exact) mass is 418 g/mol. The quantitative estimate of drug-likeness (QED) is 0.590. The van der Waals surface area contributed by atoms with E-state index in [0.717, 1.165) is 25.7 Å². The fourth-order valence-electron chi connectivity index (χ4n) is 3.66. The zero-order chi connectivity index (χ0) is 21.3. The van der Waals surface area contributed by atoms with Crippen molar-refractivity contribution in [3.63, 3.8) is 0 Å². The second kappa shape index (κ2) is 7.94. The van der Waals surface area contributed by atoms with Gasteiger partial charge in [-0.15, -0.1) is 13.2 Å². The maximum atomic E-state index is 12.4. The number of pyridine rings is 1. The van der Waals surface area contributed by atoms with Crippen LogP contribution >= 0.6 is 0 Å². The van der Waals surface area contributed by atoms with Crippen LogP contribution in [0.4, 0.5) is 24.9 Å². The molecule has 0 amide bonds. The number of anilines is 2. The van der Waals surface area contributed by atoms with E-state index in [9.17, 15) is 13.2 Å². The minimum Gasteiger partial charge on any atom is -0.406 e. The molecule has 1 aliphatic rings. The van der Waals surface area contributed by atoms with Crippen molar-refractivity contribution in [1.29, 1.82) is 0 Å². The molecule has 2 atom stereocenters. The third kappa shape index (κ3) is 4.38. The van der Waals surface area contributed by atoms with E-state index in [0.29, 0.717) is 28.0 Å². The van der Waals surface area contributed by atoms with Gasteiger partial charge < -0.3 is 21.5 Å². The summed E-state index contributed by atoms with van der Waals surface area (Å²) in [4.78, 5) is 13.1. The van der Waals surface area contributed by atoms with E-state index < -0.39 is 6.36 Å². The summed E-state index contributed by atoms with van der Waals surface area (Å²) in [5, 5.41) is 3.86. The van der Waals surface area contributed by atoms with E-state index in [-0.39, 0.29) is 23.7 Å². The Balaban J connectivity index is 1.68. The van der Waals surface area contributed by atoms with Crippen molar-refractivity contribution in [2.75, 3.05) is 11.1 Å². The number of alkyl halides is 3. The molecule has 2 heterocycles. The lowest BCUT2D eigenvalue weighted by Crippen LogP contribution is -2.42. The second-order valence-electron chi connectivity index (χ2n) is 7.28. The molecule has 0 saturated heterocycles. The molecule has 1 fully saturated rings. The van der Waals surface area contributed by atoms with Gasteiger partial charge in [0.25, 0.3) is 0 Å². The molecule has 0 bridgehead atoms. The number of nitrogens with zero attached hydrogens (tertiary/aromatic N) is 3. The Morgan fingerprint density at radius 1 is 1.03 bits per heavy atom. The smallest absolute Gasteiger partial charge is 0.406 e. The summed E-state index contributed by atoms with van der Waals surface area (Å²) in [6.07, 6.45) is 2.47. The van der Waals surface area contributed by atoms with Crippen LogP contribution < -0.4 is 21.5 Å². The first-order valence-corrected chi connectivity index (χ1v) is 9.60. The number of halogens is 3. The largest absolute Gasteiger partial charge is 0.573 e. The van der Waals surface area contributed by atoms with Gasteiger partial charge in [-0.1, -0.05) is 25.0 Å². The van der Waals surface area contributed by atoms with Gasteiger partial charge in [-0.25, -0.2) is 15.0 Å². The van der Waals surface area contributed by atoms with Crippen molar-refractivity contribution in [2.45, 2.75) is 44.1 Å². The molecule has 5 N–H and O–H groups in total. The van der Waals surface area contributed by atoms with E-state index in [1.807, 2.05) is 0 Å². The Morgan fingerprint density at radius 2 is 1.77 bits per heavy atom. The van der Waals surface area contributed by atoms with E-state index in [1.165, 1.54) is 24.3 Å². The normalized spacial score (nSPS) is 19.6. The predicted octanol–water partition coefficient (Wildman–Crippen LogP) is 3.85. The van der Waals surface area contributed by atoms with Gasteiger partial charge in [0.2, 0.25) is 5.95 Å². The van der Waals surface area contributed by atoms with Crippen LogP contribution in [0.15, 0.2) is 36.7 Å². The van der Waals surface area contributed by atoms with Crippen LogP contribution in [0, 0.1) is 0 Å². The number of aromatic nitrogens is 3. The van der Waals surface area contributed by atoms with Crippen LogP contribution in [0.1, 0.15) is 25.7 Å². The number of nitrogens with one attached hydrogen (secondary N) is 1. The van der Waals surface area contributed by atoms with E-state index in [4.69, 9.17) is 11.5 Å². The van der Waals surface area contributed by atoms with Gasteiger partial charge in [0, 0.05) is 30.0 Å². The highest BCUT2D eigenvalue weighted by atomic mass is 19.4. The third-order valence-electron chi connectivity index (χ3n) is 5.19. The highest BCUT2D eigenvalue weighted by Crippen LogP contribution is 2.32. The van der Waals surface area contributed by atoms with Crippen molar-refractivity contribution in [3.8, 4) is 16.9 Å². The Bertz CT molecular complexity index is 1040. The third-order valence-corrected chi connectivity index (χ3v) is 5.19. The molecule has 0 spiro atoms. The summed E-state index contributed by atoms with van der Waals surface area (Å²) in [6, 6.07) is 5.62. The van der Waals surface area contributed by atoms with E-state index in [1.54, 1.807) is 12.4 Å². The molecule has 1 saturated carbocycles. The number of rotatable bonds is 4. The molecule has 0 aliphatic heterocycles. The SMILES string of the molecule is Nc1ncc(-c2ccc(OC(F)(F)F)cc2)c2nc(N[C@H]3CCCC[C@H]3N)ncc12. The molecule has 4 rings (SSSR count). The number of hydrogen-bond donors (Lipinski definition) is 3. The molecular formula is C20H21F3N6O. The Hall–Kier alpha value is -3.14. The number of hydrogen-bond acceptors (Lipinski definition) is 7. The fourth-order valence-corrected chi connectivity index (χ4v) is 3.66. The minimum atomic E-state index is -4.75. The standard InChI is InChI=1S/C20H21F3N6O/c21-20(22,23)30-12-7-5-11(6-8-12)13-9-26-18(25)14-10-27-19(29-17(13)14)28-16-4-2-1-3-15(16)24/h5-10,15-16H,1-4,24H2,(H2,25,26)(H,27,28,29)/t15-,16+/m1/s1. The van der Waals surface area contributed by atoms with Crippen molar-refractivity contribution in [3.05, 3.63) is 36.7 Å². The second-order valence-corrected chi connectivity index (χ2v) is 7.28. The summed E-state index contributed by atoms with van der Waals surface area (Å²) < 4.78 is 41.1. The van der Waals surface area contributed by atoms with Gasteiger partial charge in [0.1, 0.15) is 11.6 Å². The molecule has 2 aromatic heterocycles. The molecule has 0 unspecified atom stereocenters. The highest BCUT2D eigenvalue weighted by Gasteiger charge is 2.31. The number of fused-ring (bicyclic) bond motifs is 1. The van der Waals surface area contributed by atoms with Gasteiger partial charge in [-0.05, 0) is 30.5 Å². The van der Waals surface area contributed by atoms with Gasteiger partial charge >= 0.3 is 6.36 Å². The van der Waals surface area contributed by atoms with Gasteiger partial charge in [-0.2, -0.15) is 0 Å². The number of ether oxygens (including phenoxy) is 1. The van der Waals surface area contributed by atoms with Crippen LogP contribution in [-0.2, 0) is 0 Å². The van der Waals surface area contributed by atoms with Crippen LogP contribution in [0.3, 0.4) is 0 Å². The van der Waals surface area contributed by atoms with Gasteiger partial charge in [0.15, 0.2) is 0 Å².